The standard InChI is InChI=1S/C15H20ClNO/c1-11(2)18-15-6-5-13(10-14(15)16)12-4-3-8-17-9-7-12/h4-6,10-11,17H,3,7-9H2,1-2H3. The van der Waals surface area contributed by atoms with Gasteiger partial charge < -0.3 is 10.1 Å². The lowest BCUT2D eigenvalue weighted by Gasteiger charge is -2.13. The highest BCUT2D eigenvalue weighted by Crippen LogP contribution is 2.30. The zero-order chi connectivity index (χ0) is 13.0. The van der Waals surface area contributed by atoms with Gasteiger partial charge in [-0.15, -0.1) is 0 Å². The summed E-state index contributed by atoms with van der Waals surface area (Å²) in [5.74, 6) is 0.766. The van der Waals surface area contributed by atoms with E-state index in [9.17, 15) is 0 Å². The third-order valence-corrected chi connectivity index (χ3v) is 3.24. The molecule has 0 unspecified atom stereocenters. The SMILES string of the molecule is CC(C)Oc1ccc(C2=CCCNCC2)cc1Cl. The molecule has 0 atom stereocenters. The van der Waals surface area contributed by atoms with Crippen LogP contribution in [0.5, 0.6) is 5.75 Å². The highest BCUT2D eigenvalue weighted by Gasteiger charge is 2.09. The maximum Gasteiger partial charge on any atom is 0.138 e. The topological polar surface area (TPSA) is 21.3 Å². The third kappa shape index (κ3) is 3.50. The molecule has 1 aliphatic rings. The van der Waals surface area contributed by atoms with Gasteiger partial charge in [-0.3, -0.25) is 0 Å². The van der Waals surface area contributed by atoms with Crippen molar-refractivity contribution < 1.29 is 4.74 Å². The molecular formula is C15H20ClNO. The van der Waals surface area contributed by atoms with Gasteiger partial charge in [-0.25, -0.2) is 0 Å². The molecule has 0 saturated carbocycles. The van der Waals surface area contributed by atoms with Crippen LogP contribution in [-0.2, 0) is 0 Å². The number of rotatable bonds is 3. The molecule has 0 amide bonds. The summed E-state index contributed by atoms with van der Waals surface area (Å²) in [4.78, 5) is 0. The van der Waals surface area contributed by atoms with Crippen LogP contribution in [0.3, 0.4) is 0 Å². The van der Waals surface area contributed by atoms with E-state index in [-0.39, 0.29) is 6.10 Å². The second-order valence-electron chi connectivity index (χ2n) is 4.83. The molecule has 98 valence electrons. The highest BCUT2D eigenvalue weighted by atomic mass is 35.5. The Morgan fingerprint density at radius 2 is 2.11 bits per heavy atom. The minimum atomic E-state index is 0.148. The van der Waals surface area contributed by atoms with Gasteiger partial charge in [0.25, 0.3) is 0 Å². The summed E-state index contributed by atoms with van der Waals surface area (Å²) in [5.41, 5.74) is 2.58. The third-order valence-electron chi connectivity index (χ3n) is 2.95. The molecule has 1 aromatic rings. The van der Waals surface area contributed by atoms with Crippen molar-refractivity contribution in [1.29, 1.82) is 0 Å². The molecule has 0 saturated heterocycles. The second kappa shape index (κ2) is 6.26. The molecular weight excluding hydrogens is 246 g/mol. The van der Waals surface area contributed by atoms with Crippen molar-refractivity contribution in [3.63, 3.8) is 0 Å². The van der Waals surface area contributed by atoms with Gasteiger partial charge in [0.2, 0.25) is 0 Å². The summed E-state index contributed by atoms with van der Waals surface area (Å²) in [5, 5.41) is 4.08. The van der Waals surface area contributed by atoms with Gasteiger partial charge in [-0.05, 0) is 63.0 Å². The first kappa shape index (κ1) is 13.4. The Morgan fingerprint density at radius 3 is 2.83 bits per heavy atom. The Bertz CT molecular complexity index is 440. The van der Waals surface area contributed by atoms with Crippen LogP contribution in [0, 0.1) is 0 Å². The van der Waals surface area contributed by atoms with Crippen LogP contribution in [0.25, 0.3) is 5.57 Å². The van der Waals surface area contributed by atoms with E-state index in [1.165, 1.54) is 11.1 Å². The van der Waals surface area contributed by atoms with Crippen molar-refractivity contribution in [2.24, 2.45) is 0 Å². The zero-order valence-electron chi connectivity index (χ0n) is 11.0. The van der Waals surface area contributed by atoms with Crippen LogP contribution in [0.4, 0.5) is 0 Å². The van der Waals surface area contributed by atoms with Crippen molar-refractivity contribution in [3.05, 3.63) is 34.9 Å². The molecule has 1 aliphatic heterocycles. The summed E-state index contributed by atoms with van der Waals surface area (Å²) in [7, 11) is 0. The molecule has 2 rings (SSSR count). The van der Waals surface area contributed by atoms with Crippen molar-refractivity contribution in [2.75, 3.05) is 13.1 Å². The van der Waals surface area contributed by atoms with Crippen LogP contribution in [0.2, 0.25) is 5.02 Å². The Balaban J connectivity index is 2.19. The average molecular weight is 266 g/mol. The smallest absolute Gasteiger partial charge is 0.138 e. The number of hydrogen-bond donors (Lipinski definition) is 1. The number of ether oxygens (including phenoxy) is 1. The first-order chi connectivity index (χ1) is 8.66. The van der Waals surface area contributed by atoms with Gasteiger partial charge in [-0.2, -0.15) is 0 Å². The molecule has 2 nitrogen and oxygen atoms in total. The fourth-order valence-electron chi connectivity index (χ4n) is 2.11. The van der Waals surface area contributed by atoms with Gasteiger partial charge >= 0.3 is 0 Å². The van der Waals surface area contributed by atoms with Gasteiger partial charge in [0, 0.05) is 0 Å². The number of nitrogens with one attached hydrogen (secondary N) is 1. The summed E-state index contributed by atoms with van der Waals surface area (Å²) < 4.78 is 5.65. The largest absolute Gasteiger partial charge is 0.489 e. The maximum atomic E-state index is 6.27. The summed E-state index contributed by atoms with van der Waals surface area (Å²) >= 11 is 6.27. The Morgan fingerprint density at radius 1 is 1.28 bits per heavy atom. The van der Waals surface area contributed by atoms with E-state index in [2.05, 4.69) is 17.5 Å². The van der Waals surface area contributed by atoms with E-state index in [1.54, 1.807) is 0 Å². The second-order valence-corrected chi connectivity index (χ2v) is 5.24. The molecule has 1 aromatic carbocycles. The van der Waals surface area contributed by atoms with Crippen molar-refractivity contribution in [2.45, 2.75) is 32.8 Å². The average Bonchev–Trinajstić information content (AvgIpc) is 2.60. The summed E-state index contributed by atoms with van der Waals surface area (Å²) in [6.07, 6.45) is 4.58. The van der Waals surface area contributed by atoms with E-state index in [4.69, 9.17) is 16.3 Å². The quantitative estimate of drug-likeness (QED) is 0.895. The summed E-state index contributed by atoms with van der Waals surface area (Å²) in [6, 6.07) is 6.08. The van der Waals surface area contributed by atoms with Crippen molar-refractivity contribution >= 4 is 17.2 Å². The summed E-state index contributed by atoms with van der Waals surface area (Å²) in [6.45, 7) is 6.10. The highest BCUT2D eigenvalue weighted by molar-refractivity contribution is 6.32. The molecule has 1 N–H and O–H groups in total. The first-order valence-electron chi connectivity index (χ1n) is 6.53. The fourth-order valence-corrected chi connectivity index (χ4v) is 2.34. The molecule has 0 radical (unpaired) electrons. The zero-order valence-corrected chi connectivity index (χ0v) is 11.8. The van der Waals surface area contributed by atoms with E-state index in [0.717, 1.165) is 31.7 Å². The van der Waals surface area contributed by atoms with E-state index < -0.39 is 0 Å². The molecule has 18 heavy (non-hydrogen) atoms. The molecule has 0 bridgehead atoms. The molecule has 0 aliphatic carbocycles. The van der Waals surface area contributed by atoms with E-state index >= 15 is 0 Å². The number of hydrogen-bond acceptors (Lipinski definition) is 2. The van der Waals surface area contributed by atoms with Crippen LogP contribution in [0.1, 0.15) is 32.3 Å². The van der Waals surface area contributed by atoms with Gasteiger partial charge in [0.15, 0.2) is 0 Å². The molecule has 3 heteroatoms. The van der Waals surface area contributed by atoms with Gasteiger partial charge in [-0.1, -0.05) is 23.7 Å². The van der Waals surface area contributed by atoms with Crippen LogP contribution < -0.4 is 10.1 Å². The molecule has 0 fully saturated rings. The van der Waals surface area contributed by atoms with Crippen molar-refractivity contribution in [3.8, 4) is 5.75 Å². The molecule has 1 heterocycles. The normalized spacial score (nSPS) is 16.3. The minimum Gasteiger partial charge on any atom is -0.489 e. The van der Waals surface area contributed by atoms with Crippen LogP contribution >= 0.6 is 11.6 Å². The fraction of sp³-hybridized carbons (Fsp3) is 0.467. The minimum absolute atomic E-state index is 0.148. The van der Waals surface area contributed by atoms with E-state index in [1.807, 2.05) is 26.0 Å². The lowest BCUT2D eigenvalue weighted by Crippen LogP contribution is -2.13. The first-order valence-corrected chi connectivity index (χ1v) is 6.91. The predicted molar refractivity (Wildman–Crippen MR) is 77.3 cm³/mol. The lowest BCUT2D eigenvalue weighted by atomic mass is 10.0. The maximum absolute atomic E-state index is 6.27. The molecule has 0 aromatic heterocycles. The number of halogens is 1. The lowest BCUT2D eigenvalue weighted by molar-refractivity contribution is 0.242. The molecule has 0 spiro atoms. The predicted octanol–water partition coefficient (Wildman–Crippen LogP) is 3.89. The van der Waals surface area contributed by atoms with Crippen molar-refractivity contribution in [1.82, 2.24) is 5.32 Å². The Kier molecular flexibility index (Phi) is 4.67. The van der Waals surface area contributed by atoms with Crippen LogP contribution in [0.15, 0.2) is 24.3 Å². The monoisotopic (exact) mass is 265 g/mol. The number of benzene rings is 1. The van der Waals surface area contributed by atoms with Gasteiger partial charge in [0.1, 0.15) is 5.75 Å². The van der Waals surface area contributed by atoms with Gasteiger partial charge in [0.05, 0.1) is 11.1 Å². The Hall–Kier alpha value is -0.990. The van der Waals surface area contributed by atoms with Crippen LogP contribution in [-0.4, -0.2) is 19.2 Å². The Labute approximate surface area is 114 Å². The van der Waals surface area contributed by atoms with E-state index in [0.29, 0.717) is 5.02 Å².